The van der Waals surface area contributed by atoms with Crippen LogP contribution in [0.15, 0.2) is 18.2 Å². The van der Waals surface area contributed by atoms with Crippen molar-refractivity contribution in [1.29, 1.82) is 0 Å². The zero-order valence-electron chi connectivity index (χ0n) is 9.96. The van der Waals surface area contributed by atoms with E-state index in [-0.39, 0.29) is 51.4 Å². The van der Waals surface area contributed by atoms with E-state index in [0.29, 0.717) is 38.1 Å². The fraction of sp³-hybridized carbons (Fsp3) is 0.455. The summed E-state index contributed by atoms with van der Waals surface area (Å²) in [6, 6.07) is 2.84. The van der Waals surface area contributed by atoms with Gasteiger partial charge in [0.15, 0.2) is 0 Å². The first-order chi connectivity index (χ1) is 7.97. The van der Waals surface area contributed by atoms with Crippen LogP contribution < -0.4 is 61.4 Å². The Bertz CT molecular complexity index is 406. The van der Waals surface area contributed by atoms with Crippen LogP contribution in [0.2, 0.25) is 0 Å². The average Bonchev–Trinajstić information content (AvgIpc) is 2.28. The van der Waals surface area contributed by atoms with E-state index in [9.17, 15) is 18.3 Å². The van der Waals surface area contributed by atoms with Gasteiger partial charge in [0.1, 0.15) is 0 Å². The molecule has 2 rings (SSSR count). The van der Waals surface area contributed by atoms with Crippen LogP contribution in [0.4, 0.5) is 18.9 Å². The van der Waals surface area contributed by atoms with E-state index in [1.165, 1.54) is 6.07 Å². The molecule has 0 amide bonds. The van der Waals surface area contributed by atoms with Crippen LogP contribution in [0.5, 0.6) is 5.75 Å². The molecule has 94 valence electrons. The fourth-order valence-corrected chi connectivity index (χ4v) is 1.75. The SMILES string of the molecule is [K+].[O-]c1cc(N2CCOCC2)cc(C(F)(F)F)c1. The van der Waals surface area contributed by atoms with Crippen molar-refractivity contribution in [2.45, 2.75) is 6.18 Å². The minimum Gasteiger partial charge on any atom is -0.872 e. The first-order valence-electron chi connectivity index (χ1n) is 5.19. The summed E-state index contributed by atoms with van der Waals surface area (Å²) in [6.07, 6.45) is -4.48. The topological polar surface area (TPSA) is 35.5 Å². The second-order valence-electron chi connectivity index (χ2n) is 3.81. The Hall–Kier alpha value is 0.206. The summed E-state index contributed by atoms with van der Waals surface area (Å²) < 4.78 is 42.7. The van der Waals surface area contributed by atoms with Gasteiger partial charge >= 0.3 is 57.6 Å². The van der Waals surface area contributed by atoms with E-state index >= 15 is 0 Å². The summed E-state index contributed by atoms with van der Waals surface area (Å²) in [6.45, 7) is 1.93. The summed E-state index contributed by atoms with van der Waals surface area (Å²) in [5.74, 6) is -0.624. The molecule has 1 aliphatic rings. The smallest absolute Gasteiger partial charge is 0.872 e. The summed E-state index contributed by atoms with van der Waals surface area (Å²) in [5, 5.41) is 11.2. The predicted octanol–water partition coefficient (Wildman–Crippen LogP) is -1.38. The van der Waals surface area contributed by atoms with Gasteiger partial charge in [0.2, 0.25) is 0 Å². The van der Waals surface area contributed by atoms with Gasteiger partial charge in [-0.05, 0) is 12.1 Å². The third-order valence-electron chi connectivity index (χ3n) is 2.59. The number of halogens is 3. The molecule has 0 spiro atoms. The van der Waals surface area contributed by atoms with Gasteiger partial charge in [-0.25, -0.2) is 0 Å². The number of anilines is 1. The normalized spacial score (nSPS) is 16.3. The second kappa shape index (κ2) is 6.58. The van der Waals surface area contributed by atoms with Crippen molar-refractivity contribution in [3.63, 3.8) is 0 Å². The van der Waals surface area contributed by atoms with Crippen LogP contribution in [0, 0.1) is 0 Å². The molecule has 1 heterocycles. The molecule has 0 bridgehead atoms. The van der Waals surface area contributed by atoms with Gasteiger partial charge in [0, 0.05) is 18.8 Å². The zero-order valence-corrected chi connectivity index (χ0v) is 13.1. The van der Waals surface area contributed by atoms with Crippen molar-refractivity contribution < 1.29 is 74.4 Å². The van der Waals surface area contributed by atoms with Crippen LogP contribution in [0.3, 0.4) is 0 Å². The summed E-state index contributed by atoms with van der Waals surface area (Å²) in [5.41, 5.74) is -0.584. The van der Waals surface area contributed by atoms with Crippen molar-refractivity contribution in [3.05, 3.63) is 23.8 Å². The molecule has 1 saturated heterocycles. The molecule has 7 heteroatoms. The van der Waals surface area contributed by atoms with Crippen molar-refractivity contribution in [1.82, 2.24) is 0 Å². The van der Waals surface area contributed by atoms with E-state index in [4.69, 9.17) is 4.74 Å². The van der Waals surface area contributed by atoms with Crippen LogP contribution in [0.1, 0.15) is 5.56 Å². The zero-order chi connectivity index (χ0) is 12.5. The molecule has 0 aliphatic carbocycles. The fourth-order valence-electron chi connectivity index (χ4n) is 1.75. The molecule has 0 radical (unpaired) electrons. The monoisotopic (exact) mass is 285 g/mol. The maximum Gasteiger partial charge on any atom is 1.00 e. The summed E-state index contributed by atoms with van der Waals surface area (Å²) >= 11 is 0. The Morgan fingerprint density at radius 3 is 2.28 bits per heavy atom. The van der Waals surface area contributed by atoms with E-state index in [2.05, 4.69) is 0 Å². The number of nitrogens with zero attached hydrogens (tertiary/aromatic N) is 1. The molecule has 1 aromatic rings. The Labute approximate surface area is 145 Å². The van der Waals surface area contributed by atoms with Gasteiger partial charge in [-0.3, -0.25) is 0 Å². The number of hydrogen-bond donors (Lipinski definition) is 0. The third-order valence-corrected chi connectivity index (χ3v) is 2.59. The number of morpholine rings is 1. The van der Waals surface area contributed by atoms with Crippen molar-refractivity contribution in [2.24, 2.45) is 0 Å². The standard InChI is InChI=1S/C11H12F3NO2.K/c12-11(13,14)8-5-9(7-10(16)6-8)15-1-3-17-4-2-15;/h5-7,16H,1-4H2;/q;+1/p-1. The molecule has 0 unspecified atom stereocenters. The first-order valence-corrected chi connectivity index (χ1v) is 5.19. The number of ether oxygens (including phenoxy) is 1. The molecule has 1 aromatic carbocycles. The predicted molar refractivity (Wildman–Crippen MR) is 53.9 cm³/mol. The van der Waals surface area contributed by atoms with Gasteiger partial charge in [-0.2, -0.15) is 13.2 Å². The van der Waals surface area contributed by atoms with Gasteiger partial charge < -0.3 is 14.7 Å². The molecule has 1 fully saturated rings. The van der Waals surface area contributed by atoms with Crippen LogP contribution >= 0.6 is 0 Å². The van der Waals surface area contributed by atoms with Crippen molar-refractivity contribution >= 4 is 5.69 Å². The Kier molecular flexibility index (Phi) is 5.94. The minimum atomic E-state index is -4.48. The van der Waals surface area contributed by atoms with E-state index < -0.39 is 17.5 Å². The Morgan fingerprint density at radius 1 is 1.11 bits per heavy atom. The minimum absolute atomic E-state index is 0. The molecule has 0 atom stereocenters. The number of alkyl halides is 3. The number of hydrogen-bond acceptors (Lipinski definition) is 3. The van der Waals surface area contributed by atoms with Crippen LogP contribution in [-0.4, -0.2) is 26.3 Å². The van der Waals surface area contributed by atoms with Crippen LogP contribution in [-0.2, 0) is 10.9 Å². The quantitative estimate of drug-likeness (QED) is 0.597. The molecule has 0 N–H and O–H groups in total. The van der Waals surface area contributed by atoms with Gasteiger partial charge in [-0.1, -0.05) is 6.07 Å². The average molecular weight is 285 g/mol. The molecule has 1 aliphatic heterocycles. The third kappa shape index (κ3) is 4.11. The summed E-state index contributed by atoms with van der Waals surface area (Å²) in [7, 11) is 0. The van der Waals surface area contributed by atoms with Gasteiger partial charge in [0.25, 0.3) is 0 Å². The van der Waals surface area contributed by atoms with Gasteiger partial charge in [-0.15, -0.1) is 5.75 Å². The molecule has 18 heavy (non-hydrogen) atoms. The molecule has 3 nitrogen and oxygen atoms in total. The number of rotatable bonds is 1. The summed E-state index contributed by atoms with van der Waals surface area (Å²) in [4.78, 5) is 1.72. The largest absolute Gasteiger partial charge is 1.00 e. The second-order valence-corrected chi connectivity index (χ2v) is 3.81. The van der Waals surface area contributed by atoms with E-state index in [1.54, 1.807) is 4.90 Å². The number of benzene rings is 1. The first kappa shape index (κ1) is 16.3. The molecular formula is C11H11F3KNO2. The van der Waals surface area contributed by atoms with E-state index in [0.717, 1.165) is 6.07 Å². The molecule has 0 saturated carbocycles. The van der Waals surface area contributed by atoms with Crippen molar-refractivity contribution in [2.75, 3.05) is 31.2 Å². The molecular weight excluding hydrogens is 274 g/mol. The maximum absolute atomic E-state index is 12.5. The van der Waals surface area contributed by atoms with Crippen molar-refractivity contribution in [3.8, 4) is 5.75 Å². The Balaban J connectivity index is 0.00000162. The molecule has 0 aromatic heterocycles. The van der Waals surface area contributed by atoms with Crippen LogP contribution in [0.25, 0.3) is 0 Å². The van der Waals surface area contributed by atoms with Gasteiger partial charge in [0.05, 0.1) is 18.8 Å². The maximum atomic E-state index is 12.5. The van der Waals surface area contributed by atoms with E-state index in [1.807, 2.05) is 0 Å². The Morgan fingerprint density at radius 2 is 1.72 bits per heavy atom.